The van der Waals surface area contributed by atoms with Crippen molar-refractivity contribution in [2.45, 2.75) is 71.3 Å². The van der Waals surface area contributed by atoms with Crippen molar-refractivity contribution in [2.24, 2.45) is 5.92 Å². The van der Waals surface area contributed by atoms with Gasteiger partial charge in [-0.2, -0.15) is 0 Å². The van der Waals surface area contributed by atoms with Gasteiger partial charge in [0.2, 0.25) is 0 Å². The summed E-state index contributed by atoms with van der Waals surface area (Å²) in [7, 11) is 0. The van der Waals surface area contributed by atoms with E-state index in [0.29, 0.717) is 18.8 Å². The van der Waals surface area contributed by atoms with Gasteiger partial charge in [0.15, 0.2) is 0 Å². The van der Waals surface area contributed by atoms with Crippen molar-refractivity contribution in [1.29, 1.82) is 0 Å². The van der Waals surface area contributed by atoms with Crippen LogP contribution in [0.15, 0.2) is 0 Å². The van der Waals surface area contributed by atoms with E-state index >= 15 is 0 Å². The number of Topliss-reactive ketones (excluding diaryl/α,β-unsaturated/α-hetero) is 1. The van der Waals surface area contributed by atoms with Gasteiger partial charge in [-0.1, -0.05) is 25.7 Å². The Hall–Kier alpha value is -0.860. The first-order chi connectivity index (χ1) is 7.87. The molecule has 1 aliphatic carbocycles. The van der Waals surface area contributed by atoms with Crippen molar-refractivity contribution < 1.29 is 14.3 Å². The Balaban J connectivity index is 2.16. The highest BCUT2D eigenvalue weighted by Gasteiger charge is 2.20. The maximum absolute atomic E-state index is 11.7. The van der Waals surface area contributed by atoms with Gasteiger partial charge in [0, 0.05) is 12.8 Å². The van der Waals surface area contributed by atoms with Gasteiger partial charge in [0.1, 0.15) is 11.4 Å². The molecule has 0 radical (unpaired) electrons. The van der Waals surface area contributed by atoms with Crippen LogP contribution in [0.5, 0.6) is 0 Å². The quantitative estimate of drug-likeness (QED) is 0.693. The first kappa shape index (κ1) is 14.2. The number of hydrogen-bond acceptors (Lipinski definition) is 3. The molecular formula is C14H24O3. The molecule has 0 aliphatic heterocycles. The van der Waals surface area contributed by atoms with E-state index in [1.807, 2.05) is 20.8 Å². The van der Waals surface area contributed by atoms with Gasteiger partial charge >= 0.3 is 5.97 Å². The van der Waals surface area contributed by atoms with Crippen LogP contribution in [-0.2, 0) is 14.3 Å². The Bertz CT molecular complexity index is 270. The molecule has 0 spiro atoms. The molecule has 0 amide bonds. The molecule has 0 N–H and O–H groups in total. The van der Waals surface area contributed by atoms with E-state index in [1.54, 1.807) is 0 Å². The predicted molar refractivity (Wildman–Crippen MR) is 66.7 cm³/mol. The predicted octanol–water partition coefficient (Wildman–Crippen LogP) is 3.26. The molecule has 98 valence electrons. The Labute approximate surface area is 104 Å². The maximum Gasteiger partial charge on any atom is 0.306 e. The van der Waals surface area contributed by atoms with Gasteiger partial charge in [0.25, 0.3) is 0 Å². The lowest BCUT2D eigenvalue weighted by Crippen LogP contribution is -2.24. The molecule has 0 heterocycles. The Morgan fingerprint density at radius 3 is 2.24 bits per heavy atom. The smallest absolute Gasteiger partial charge is 0.306 e. The van der Waals surface area contributed by atoms with Crippen LogP contribution in [0.4, 0.5) is 0 Å². The number of carbonyl (C=O) groups is 2. The number of hydrogen-bond donors (Lipinski definition) is 0. The maximum atomic E-state index is 11.7. The van der Waals surface area contributed by atoms with Crippen molar-refractivity contribution in [3.8, 4) is 0 Å². The fourth-order valence-corrected chi connectivity index (χ4v) is 2.27. The van der Waals surface area contributed by atoms with Crippen LogP contribution in [0.2, 0.25) is 0 Å². The molecular weight excluding hydrogens is 216 g/mol. The van der Waals surface area contributed by atoms with Crippen LogP contribution >= 0.6 is 0 Å². The molecule has 3 heteroatoms. The van der Waals surface area contributed by atoms with Gasteiger partial charge < -0.3 is 4.74 Å². The second-order valence-electron chi connectivity index (χ2n) is 5.98. The molecule has 0 aromatic rings. The number of ether oxygens (including phenoxy) is 1. The fourth-order valence-electron chi connectivity index (χ4n) is 2.27. The van der Waals surface area contributed by atoms with E-state index in [2.05, 4.69) is 0 Å². The third-order valence-electron chi connectivity index (χ3n) is 3.02. The largest absolute Gasteiger partial charge is 0.460 e. The molecule has 1 aliphatic rings. The lowest BCUT2D eigenvalue weighted by molar-refractivity contribution is -0.155. The van der Waals surface area contributed by atoms with E-state index in [4.69, 9.17) is 4.74 Å². The van der Waals surface area contributed by atoms with E-state index in [0.717, 1.165) is 0 Å². The molecule has 1 saturated carbocycles. The van der Waals surface area contributed by atoms with Gasteiger partial charge in [-0.3, -0.25) is 9.59 Å². The zero-order valence-electron chi connectivity index (χ0n) is 11.3. The van der Waals surface area contributed by atoms with Crippen molar-refractivity contribution in [2.75, 3.05) is 0 Å². The molecule has 1 fully saturated rings. The zero-order chi connectivity index (χ0) is 12.9. The average Bonchev–Trinajstić information content (AvgIpc) is 2.64. The summed E-state index contributed by atoms with van der Waals surface area (Å²) in [6.07, 6.45) is 6.08. The summed E-state index contributed by atoms with van der Waals surface area (Å²) in [4.78, 5) is 23.1. The molecule has 17 heavy (non-hydrogen) atoms. The summed E-state index contributed by atoms with van der Waals surface area (Å²) in [6.45, 7) is 5.52. The minimum atomic E-state index is -0.453. The molecule has 0 bridgehead atoms. The lowest BCUT2D eigenvalue weighted by Gasteiger charge is -2.19. The second-order valence-corrected chi connectivity index (χ2v) is 5.98. The van der Waals surface area contributed by atoms with Gasteiger partial charge in [-0.25, -0.2) is 0 Å². The fraction of sp³-hybridized carbons (Fsp3) is 0.857. The highest BCUT2D eigenvalue weighted by atomic mass is 16.6. The average molecular weight is 240 g/mol. The van der Waals surface area contributed by atoms with Crippen LogP contribution in [0, 0.1) is 5.92 Å². The van der Waals surface area contributed by atoms with E-state index in [1.165, 1.54) is 25.7 Å². The molecule has 0 unspecified atom stereocenters. The molecule has 1 rings (SSSR count). The summed E-state index contributed by atoms with van der Waals surface area (Å²) in [6, 6.07) is 0. The number of rotatable bonds is 5. The Kier molecular flexibility index (Phi) is 5.16. The van der Waals surface area contributed by atoms with E-state index < -0.39 is 5.60 Å². The van der Waals surface area contributed by atoms with Crippen LogP contribution in [0.3, 0.4) is 0 Å². The SMILES string of the molecule is CC(C)(C)OC(=O)CCC(=O)CC1CCCC1. The van der Waals surface area contributed by atoms with Crippen LogP contribution in [0.25, 0.3) is 0 Å². The molecule has 0 saturated heterocycles. The second kappa shape index (κ2) is 6.18. The monoisotopic (exact) mass is 240 g/mol. The molecule has 0 aromatic carbocycles. The van der Waals surface area contributed by atoms with Crippen molar-refractivity contribution in [3.05, 3.63) is 0 Å². The van der Waals surface area contributed by atoms with Gasteiger partial charge in [0.05, 0.1) is 6.42 Å². The zero-order valence-corrected chi connectivity index (χ0v) is 11.3. The summed E-state index contributed by atoms with van der Waals surface area (Å²) >= 11 is 0. The highest BCUT2D eigenvalue weighted by molar-refractivity contribution is 5.83. The third-order valence-corrected chi connectivity index (χ3v) is 3.02. The van der Waals surface area contributed by atoms with Crippen molar-refractivity contribution in [3.63, 3.8) is 0 Å². The normalized spacial score (nSPS) is 17.1. The van der Waals surface area contributed by atoms with Crippen LogP contribution in [-0.4, -0.2) is 17.4 Å². The van der Waals surface area contributed by atoms with Crippen LogP contribution < -0.4 is 0 Å². The topological polar surface area (TPSA) is 43.4 Å². The van der Waals surface area contributed by atoms with Crippen LogP contribution in [0.1, 0.15) is 65.7 Å². The number of carbonyl (C=O) groups excluding carboxylic acids is 2. The minimum absolute atomic E-state index is 0.211. The Morgan fingerprint density at radius 1 is 1.12 bits per heavy atom. The minimum Gasteiger partial charge on any atom is -0.460 e. The van der Waals surface area contributed by atoms with Crippen molar-refractivity contribution >= 4 is 11.8 Å². The first-order valence-electron chi connectivity index (χ1n) is 6.60. The standard InChI is InChI=1S/C14H24O3/c1-14(2,3)17-13(16)9-8-12(15)10-11-6-4-5-7-11/h11H,4-10H2,1-3H3. The third kappa shape index (κ3) is 6.44. The van der Waals surface area contributed by atoms with Crippen molar-refractivity contribution in [1.82, 2.24) is 0 Å². The van der Waals surface area contributed by atoms with E-state index in [-0.39, 0.29) is 18.2 Å². The number of ketones is 1. The highest BCUT2D eigenvalue weighted by Crippen LogP contribution is 2.28. The summed E-state index contributed by atoms with van der Waals surface area (Å²) in [5, 5.41) is 0. The summed E-state index contributed by atoms with van der Waals surface area (Å²) in [5.41, 5.74) is -0.453. The van der Waals surface area contributed by atoms with Gasteiger partial charge in [-0.15, -0.1) is 0 Å². The number of esters is 1. The first-order valence-corrected chi connectivity index (χ1v) is 6.60. The molecule has 0 atom stereocenters. The van der Waals surface area contributed by atoms with E-state index in [9.17, 15) is 9.59 Å². The lowest BCUT2D eigenvalue weighted by atomic mass is 9.99. The van der Waals surface area contributed by atoms with Gasteiger partial charge in [-0.05, 0) is 26.7 Å². The summed E-state index contributed by atoms with van der Waals surface area (Å²) in [5.74, 6) is 0.515. The summed E-state index contributed by atoms with van der Waals surface area (Å²) < 4.78 is 5.17. The molecule has 3 nitrogen and oxygen atoms in total. The molecule has 0 aromatic heterocycles. The Morgan fingerprint density at radius 2 is 1.71 bits per heavy atom.